The molecule has 3 heteroatoms. The van der Waals surface area contributed by atoms with Crippen LogP contribution in [0.25, 0.3) is 21.9 Å². The molecule has 20 heavy (non-hydrogen) atoms. The van der Waals surface area contributed by atoms with Crippen molar-refractivity contribution in [2.75, 3.05) is 0 Å². The highest BCUT2D eigenvalue weighted by Gasteiger charge is 2.07. The number of aromatic nitrogens is 3. The van der Waals surface area contributed by atoms with Gasteiger partial charge in [0, 0.05) is 18.0 Å². The van der Waals surface area contributed by atoms with E-state index in [4.69, 9.17) is 4.98 Å². The van der Waals surface area contributed by atoms with Gasteiger partial charge in [0.05, 0.1) is 16.6 Å². The Balaban J connectivity index is 1.84. The molecular formula is C17H13N3. The molecule has 0 fully saturated rings. The minimum absolute atomic E-state index is 0.817. The number of aromatic amines is 1. The predicted molar refractivity (Wildman–Crippen MR) is 80.6 cm³/mol. The summed E-state index contributed by atoms with van der Waals surface area (Å²) in [6, 6.07) is 18.5. The van der Waals surface area contributed by atoms with E-state index in [1.54, 1.807) is 0 Å². The van der Waals surface area contributed by atoms with Crippen LogP contribution in [0, 0.1) is 0 Å². The van der Waals surface area contributed by atoms with Gasteiger partial charge in [0.1, 0.15) is 5.82 Å². The van der Waals surface area contributed by atoms with Crippen LogP contribution in [0.2, 0.25) is 0 Å². The highest BCUT2D eigenvalue weighted by atomic mass is 14.9. The molecule has 3 nitrogen and oxygen atoms in total. The first-order valence-electron chi connectivity index (χ1n) is 6.66. The molecule has 0 spiro atoms. The number of nitrogens with zero attached hydrogens (tertiary/aromatic N) is 2. The fraction of sp³-hybridized carbons (Fsp3) is 0.0588. The quantitative estimate of drug-likeness (QED) is 0.596. The molecule has 2 aromatic heterocycles. The van der Waals surface area contributed by atoms with E-state index in [0.717, 1.165) is 34.2 Å². The van der Waals surface area contributed by atoms with Crippen LogP contribution in [0.15, 0.2) is 60.8 Å². The van der Waals surface area contributed by atoms with Crippen molar-refractivity contribution in [2.24, 2.45) is 0 Å². The summed E-state index contributed by atoms with van der Waals surface area (Å²) in [6.07, 6.45) is 2.63. The number of benzene rings is 2. The molecule has 4 rings (SSSR count). The van der Waals surface area contributed by atoms with Crippen molar-refractivity contribution in [2.45, 2.75) is 6.42 Å². The van der Waals surface area contributed by atoms with Crippen LogP contribution in [-0.2, 0) is 6.42 Å². The number of H-pyrrole nitrogens is 1. The molecule has 0 aliphatic heterocycles. The second kappa shape index (κ2) is 4.46. The van der Waals surface area contributed by atoms with E-state index in [9.17, 15) is 0 Å². The first-order valence-corrected chi connectivity index (χ1v) is 6.66. The summed E-state index contributed by atoms with van der Waals surface area (Å²) in [5.74, 6) is 0.988. The average molecular weight is 259 g/mol. The molecule has 0 radical (unpaired) electrons. The predicted octanol–water partition coefficient (Wildman–Crippen LogP) is 3.70. The normalized spacial score (nSPS) is 11.2. The van der Waals surface area contributed by atoms with E-state index in [0.29, 0.717) is 0 Å². The maximum Gasteiger partial charge on any atom is 0.111 e. The molecular weight excluding hydrogens is 246 g/mol. The van der Waals surface area contributed by atoms with Gasteiger partial charge in [-0.2, -0.15) is 0 Å². The molecule has 2 heterocycles. The van der Waals surface area contributed by atoms with Crippen molar-refractivity contribution in [3.63, 3.8) is 0 Å². The average Bonchev–Trinajstić information content (AvgIpc) is 2.91. The summed E-state index contributed by atoms with van der Waals surface area (Å²) >= 11 is 0. The van der Waals surface area contributed by atoms with Gasteiger partial charge in [0.2, 0.25) is 0 Å². The zero-order valence-corrected chi connectivity index (χ0v) is 10.9. The zero-order valence-electron chi connectivity index (χ0n) is 10.9. The van der Waals surface area contributed by atoms with E-state index in [1.165, 1.54) is 5.56 Å². The van der Waals surface area contributed by atoms with Gasteiger partial charge in [-0.25, -0.2) is 4.98 Å². The van der Waals surface area contributed by atoms with Gasteiger partial charge in [-0.1, -0.05) is 30.3 Å². The Morgan fingerprint density at radius 1 is 0.900 bits per heavy atom. The monoisotopic (exact) mass is 259 g/mol. The molecule has 0 unspecified atom stereocenters. The molecule has 96 valence electrons. The van der Waals surface area contributed by atoms with Crippen LogP contribution in [0.5, 0.6) is 0 Å². The van der Waals surface area contributed by atoms with Crippen LogP contribution in [0.4, 0.5) is 0 Å². The summed E-state index contributed by atoms with van der Waals surface area (Å²) in [5.41, 5.74) is 4.31. The van der Waals surface area contributed by atoms with Gasteiger partial charge in [-0.3, -0.25) is 4.98 Å². The largest absolute Gasteiger partial charge is 0.342 e. The van der Waals surface area contributed by atoms with Gasteiger partial charge < -0.3 is 4.98 Å². The second-order valence-electron chi connectivity index (χ2n) is 4.88. The van der Waals surface area contributed by atoms with Crippen LogP contribution >= 0.6 is 0 Å². The van der Waals surface area contributed by atoms with Crippen molar-refractivity contribution in [3.05, 3.63) is 72.2 Å². The Morgan fingerprint density at radius 3 is 2.70 bits per heavy atom. The highest BCUT2D eigenvalue weighted by molar-refractivity contribution is 6.02. The van der Waals surface area contributed by atoms with E-state index in [-0.39, 0.29) is 0 Å². The van der Waals surface area contributed by atoms with Crippen molar-refractivity contribution >= 4 is 21.9 Å². The molecule has 0 amide bonds. The number of imidazole rings is 1. The number of hydrogen-bond acceptors (Lipinski definition) is 2. The van der Waals surface area contributed by atoms with Crippen LogP contribution < -0.4 is 0 Å². The minimum atomic E-state index is 0.817. The maximum absolute atomic E-state index is 4.74. The molecule has 0 saturated carbocycles. The Hall–Kier alpha value is -2.68. The van der Waals surface area contributed by atoms with Crippen LogP contribution in [-0.4, -0.2) is 15.0 Å². The fourth-order valence-corrected chi connectivity index (χ4v) is 2.55. The Labute approximate surface area is 116 Å². The van der Waals surface area contributed by atoms with Crippen molar-refractivity contribution in [3.8, 4) is 0 Å². The SMILES string of the molecule is c1ccc(Cc2nc3c(ccc4ncccc43)[nH]2)cc1. The Morgan fingerprint density at radius 2 is 1.80 bits per heavy atom. The number of pyridine rings is 1. The molecule has 1 N–H and O–H groups in total. The maximum atomic E-state index is 4.74. The molecule has 0 aliphatic rings. The van der Waals surface area contributed by atoms with Gasteiger partial charge in [0.25, 0.3) is 0 Å². The summed E-state index contributed by atoms with van der Waals surface area (Å²) in [4.78, 5) is 12.5. The van der Waals surface area contributed by atoms with Crippen molar-refractivity contribution in [1.82, 2.24) is 15.0 Å². The summed E-state index contributed by atoms with van der Waals surface area (Å²) in [5, 5.41) is 1.10. The highest BCUT2D eigenvalue weighted by Crippen LogP contribution is 2.22. The first-order chi connectivity index (χ1) is 9.90. The topological polar surface area (TPSA) is 41.6 Å². The summed E-state index contributed by atoms with van der Waals surface area (Å²) < 4.78 is 0. The number of hydrogen-bond donors (Lipinski definition) is 1. The fourth-order valence-electron chi connectivity index (χ4n) is 2.55. The lowest BCUT2D eigenvalue weighted by Gasteiger charge is -1.96. The summed E-state index contributed by atoms with van der Waals surface area (Å²) in [7, 11) is 0. The summed E-state index contributed by atoms with van der Waals surface area (Å²) in [6.45, 7) is 0. The lowest BCUT2D eigenvalue weighted by atomic mass is 10.1. The van der Waals surface area contributed by atoms with Gasteiger partial charge in [0.15, 0.2) is 0 Å². The number of fused-ring (bicyclic) bond motifs is 3. The lowest BCUT2D eigenvalue weighted by Crippen LogP contribution is -1.89. The molecule has 0 saturated heterocycles. The zero-order chi connectivity index (χ0) is 13.4. The molecule has 4 aromatic rings. The van der Waals surface area contributed by atoms with E-state index in [2.05, 4.69) is 40.3 Å². The van der Waals surface area contributed by atoms with Crippen molar-refractivity contribution < 1.29 is 0 Å². The third kappa shape index (κ3) is 1.84. The molecule has 0 bridgehead atoms. The van der Waals surface area contributed by atoms with Gasteiger partial charge in [-0.05, 0) is 29.8 Å². The van der Waals surface area contributed by atoms with E-state index >= 15 is 0 Å². The van der Waals surface area contributed by atoms with Gasteiger partial charge >= 0.3 is 0 Å². The first kappa shape index (κ1) is 11.2. The smallest absolute Gasteiger partial charge is 0.111 e. The number of nitrogens with one attached hydrogen (secondary N) is 1. The molecule has 2 aromatic carbocycles. The third-order valence-electron chi connectivity index (χ3n) is 3.50. The molecule has 0 atom stereocenters. The lowest BCUT2D eigenvalue weighted by molar-refractivity contribution is 1.04. The molecule has 0 aliphatic carbocycles. The Kier molecular flexibility index (Phi) is 2.49. The van der Waals surface area contributed by atoms with Crippen LogP contribution in [0.1, 0.15) is 11.4 Å². The van der Waals surface area contributed by atoms with Crippen molar-refractivity contribution in [1.29, 1.82) is 0 Å². The standard InChI is InChI=1S/C17H13N3/c1-2-5-12(6-3-1)11-16-19-15-9-8-14-13(17(15)20-16)7-4-10-18-14/h1-10H,11H2,(H,19,20). The van der Waals surface area contributed by atoms with E-state index in [1.807, 2.05) is 30.5 Å². The van der Waals surface area contributed by atoms with Gasteiger partial charge in [-0.15, -0.1) is 0 Å². The van der Waals surface area contributed by atoms with E-state index < -0.39 is 0 Å². The van der Waals surface area contributed by atoms with Crippen LogP contribution in [0.3, 0.4) is 0 Å². The second-order valence-corrected chi connectivity index (χ2v) is 4.88. The third-order valence-corrected chi connectivity index (χ3v) is 3.50. The minimum Gasteiger partial charge on any atom is -0.342 e. The number of rotatable bonds is 2. The Bertz CT molecular complexity index is 878.